The predicted octanol–water partition coefficient (Wildman–Crippen LogP) is 4.62. The molecule has 0 unspecified atom stereocenters. The van der Waals surface area contributed by atoms with Gasteiger partial charge < -0.3 is 14.2 Å². The molecule has 0 saturated carbocycles. The molecule has 28 heavy (non-hydrogen) atoms. The van der Waals surface area contributed by atoms with E-state index in [0.717, 1.165) is 11.3 Å². The topological polar surface area (TPSA) is 69.7 Å². The summed E-state index contributed by atoms with van der Waals surface area (Å²) in [6.45, 7) is 3.44. The van der Waals surface area contributed by atoms with Crippen molar-refractivity contribution >= 4 is 22.4 Å². The van der Waals surface area contributed by atoms with Crippen molar-refractivity contribution in [3.05, 3.63) is 53.9 Å². The summed E-state index contributed by atoms with van der Waals surface area (Å²) in [5.74, 6) is 1.63. The van der Waals surface area contributed by atoms with E-state index in [1.54, 1.807) is 28.1 Å². The monoisotopic (exact) mass is 398 g/mol. The molecule has 0 aliphatic rings. The first-order valence-corrected chi connectivity index (χ1v) is 9.54. The number of anilines is 1. The molecule has 0 bridgehead atoms. The second kappa shape index (κ2) is 8.31. The third-order valence-corrected chi connectivity index (χ3v) is 4.82. The minimum absolute atomic E-state index is 0.274. The number of methoxy groups -OCH3 is 2. The largest absolute Gasteiger partial charge is 0.493 e. The maximum absolute atomic E-state index is 12.7. The minimum Gasteiger partial charge on any atom is -0.493 e. The first-order chi connectivity index (χ1) is 13.4. The number of rotatable bonds is 7. The predicted molar refractivity (Wildman–Crippen MR) is 110 cm³/mol. The van der Waals surface area contributed by atoms with Crippen LogP contribution in [0.2, 0.25) is 0 Å². The van der Waals surface area contributed by atoms with Gasteiger partial charge in [0.05, 0.1) is 19.9 Å². The molecule has 0 fully saturated rings. The van der Waals surface area contributed by atoms with Gasteiger partial charge in [0.1, 0.15) is 5.75 Å². The van der Waals surface area contributed by atoms with Crippen LogP contribution < -0.4 is 19.5 Å². The van der Waals surface area contributed by atoms with E-state index in [1.807, 2.05) is 53.9 Å². The number of ether oxygens (including phenoxy) is 3. The van der Waals surface area contributed by atoms with E-state index >= 15 is 0 Å². The summed E-state index contributed by atoms with van der Waals surface area (Å²) in [6.07, 6.45) is 0. The summed E-state index contributed by atoms with van der Waals surface area (Å²) in [5.41, 5.74) is 0.563. The zero-order valence-corrected chi connectivity index (χ0v) is 17.0. The summed E-state index contributed by atoms with van der Waals surface area (Å²) in [6, 6.07) is 14.8. The molecule has 6 nitrogen and oxygen atoms in total. The van der Waals surface area contributed by atoms with E-state index in [4.69, 9.17) is 14.2 Å². The molecule has 7 heteroatoms. The molecule has 0 saturated heterocycles. The minimum atomic E-state index is -1.05. The Morgan fingerprint density at radius 3 is 2.43 bits per heavy atom. The number of carbonyl (C=O) groups excluding carboxylic acids is 1. The average Bonchev–Trinajstić information content (AvgIpc) is 3.16. The van der Waals surface area contributed by atoms with Gasteiger partial charge in [-0.25, -0.2) is 4.98 Å². The fourth-order valence-corrected chi connectivity index (χ4v) is 3.25. The number of benzene rings is 2. The van der Waals surface area contributed by atoms with Crippen LogP contribution in [-0.4, -0.2) is 30.7 Å². The second-order valence-corrected chi connectivity index (χ2v) is 7.35. The molecule has 3 aromatic rings. The fraction of sp³-hybridized carbons (Fsp3) is 0.238. The highest BCUT2D eigenvalue weighted by molar-refractivity contribution is 7.14. The van der Waals surface area contributed by atoms with Gasteiger partial charge in [-0.1, -0.05) is 18.2 Å². The highest BCUT2D eigenvalue weighted by Crippen LogP contribution is 2.33. The van der Waals surface area contributed by atoms with Crippen molar-refractivity contribution < 1.29 is 19.0 Å². The number of aromatic nitrogens is 1. The molecule has 0 aliphatic heterocycles. The molecule has 0 radical (unpaired) electrons. The molecule has 1 N–H and O–H groups in total. The van der Waals surface area contributed by atoms with Crippen LogP contribution >= 0.6 is 11.3 Å². The van der Waals surface area contributed by atoms with Crippen molar-refractivity contribution in [3.63, 3.8) is 0 Å². The Hall–Kier alpha value is -3.06. The van der Waals surface area contributed by atoms with E-state index in [2.05, 4.69) is 10.3 Å². The van der Waals surface area contributed by atoms with E-state index in [1.165, 1.54) is 11.3 Å². The smallest absolute Gasteiger partial charge is 0.269 e. The summed E-state index contributed by atoms with van der Waals surface area (Å²) < 4.78 is 16.4. The SMILES string of the molecule is COc1ccc(-c2csc(NC(=O)C(C)(C)Oc3ccccc3)n2)cc1OC. The van der Waals surface area contributed by atoms with Crippen LogP contribution in [0.25, 0.3) is 11.3 Å². The molecule has 3 rings (SSSR count). The zero-order valence-electron chi connectivity index (χ0n) is 16.2. The van der Waals surface area contributed by atoms with E-state index in [0.29, 0.717) is 22.4 Å². The lowest BCUT2D eigenvalue weighted by Crippen LogP contribution is -2.42. The average molecular weight is 398 g/mol. The van der Waals surface area contributed by atoms with Crippen LogP contribution in [0.15, 0.2) is 53.9 Å². The number of nitrogens with zero attached hydrogens (tertiary/aromatic N) is 1. The number of hydrogen-bond acceptors (Lipinski definition) is 6. The summed E-state index contributed by atoms with van der Waals surface area (Å²) in [4.78, 5) is 17.2. The Kier molecular flexibility index (Phi) is 5.84. The molecule has 2 aromatic carbocycles. The van der Waals surface area contributed by atoms with Crippen molar-refractivity contribution in [2.75, 3.05) is 19.5 Å². The van der Waals surface area contributed by atoms with Crippen molar-refractivity contribution in [3.8, 4) is 28.5 Å². The fourth-order valence-electron chi connectivity index (χ4n) is 2.54. The van der Waals surface area contributed by atoms with Crippen LogP contribution in [0.5, 0.6) is 17.2 Å². The Bertz CT molecular complexity index is 954. The first-order valence-electron chi connectivity index (χ1n) is 8.66. The van der Waals surface area contributed by atoms with Crippen LogP contribution in [0, 0.1) is 0 Å². The summed E-state index contributed by atoms with van der Waals surface area (Å²) in [7, 11) is 3.18. The highest BCUT2D eigenvalue weighted by atomic mass is 32.1. The van der Waals surface area contributed by atoms with Gasteiger partial charge in [0.25, 0.3) is 5.91 Å². The standard InChI is InChI=1S/C21H22N2O4S/c1-21(2,27-15-8-6-5-7-9-15)19(24)23-20-22-16(13-28-20)14-10-11-17(25-3)18(12-14)26-4/h5-13H,1-4H3,(H,22,23,24). The van der Waals surface area contributed by atoms with Gasteiger partial charge in [-0.15, -0.1) is 11.3 Å². The van der Waals surface area contributed by atoms with E-state index in [9.17, 15) is 4.79 Å². The van der Waals surface area contributed by atoms with Crippen molar-refractivity contribution in [2.24, 2.45) is 0 Å². The second-order valence-electron chi connectivity index (χ2n) is 6.49. The molecule has 0 aliphatic carbocycles. The van der Waals surface area contributed by atoms with Gasteiger partial charge in [-0.05, 0) is 44.2 Å². The lowest BCUT2D eigenvalue weighted by molar-refractivity contribution is -0.128. The number of para-hydroxylation sites is 1. The third kappa shape index (κ3) is 4.43. The number of hydrogen-bond donors (Lipinski definition) is 1. The number of carbonyl (C=O) groups is 1. The maximum atomic E-state index is 12.7. The van der Waals surface area contributed by atoms with Gasteiger partial charge in [0.2, 0.25) is 0 Å². The lowest BCUT2D eigenvalue weighted by atomic mass is 10.1. The Labute approximate surface area is 168 Å². The van der Waals surface area contributed by atoms with E-state index < -0.39 is 5.60 Å². The van der Waals surface area contributed by atoms with Crippen molar-refractivity contribution in [1.82, 2.24) is 4.98 Å². The highest BCUT2D eigenvalue weighted by Gasteiger charge is 2.30. The molecule has 1 amide bonds. The Morgan fingerprint density at radius 2 is 1.75 bits per heavy atom. The van der Waals surface area contributed by atoms with Crippen LogP contribution in [0.3, 0.4) is 0 Å². The molecule has 1 aromatic heterocycles. The van der Waals surface area contributed by atoms with Gasteiger partial charge in [-0.3, -0.25) is 10.1 Å². The molecule has 1 heterocycles. The van der Waals surface area contributed by atoms with Gasteiger partial charge >= 0.3 is 0 Å². The number of nitrogens with one attached hydrogen (secondary N) is 1. The van der Waals surface area contributed by atoms with Gasteiger partial charge in [-0.2, -0.15) is 0 Å². The number of amides is 1. The number of thiazole rings is 1. The van der Waals surface area contributed by atoms with Crippen molar-refractivity contribution in [2.45, 2.75) is 19.4 Å². The van der Waals surface area contributed by atoms with Crippen molar-refractivity contribution in [1.29, 1.82) is 0 Å². The van der Waals surface area contributed by atoms with Gasteiger partial charge in [0, 0.05) is 10.9 Å². The van der Waals surface area contributed by atoms with E-state index in [-0.39, 0.29) is 5.91 Å². The molecule has 0 atom stereocenters. The maximum Gasteiger partial charge on any atom is 0.269 e. The Balaban J connectivity index is 1.73. The summed E-state index contributed by atoms with van der Waals surface area (Å²) in [5, 5.41) is 5.21. The summed E-state index contributed by atoms with van der Waals surface area (Å²) >= 11 is 1.35. The molecular weight excluding hydrogens is 376 g/mol. The van der Waals surface area contributed by atoms with Crippen LogP contribution in [-0.2, 0) is 4.79 Å². The molecule has 146 valence electrons. The zero-order chi connectivity index (χ0) is 20.1. The quantitative estimate of drug-likeness (QED) is 0.629. The normalized spacial score (nSPS) is 11.0. The van der Waals surface area contributed by atoms with Crippen LogP contribution in [0.4, 0.5) is 5.13 Å². The molecule has 0 spiro atoms. The lowest BCUT2D eigenvalue weighted by Gasteiger charge is -2.24. The van der Waals surface area contributed by atoms with Crippen LogP contribution in [0.1, 0.15) is 13.8 Å². The first kappa shape index (κ1) is 19.7. The third-order valence-electron chi connectivity index (χ3n) is 4.07. The van der Waals surface area contributed by atoms with Gasteiger partial charge in [0.15, 0.2) is 22.2 Å². The molecular formula is C21H22N2O4S. The Morgan fingerprint density at radius 1 is 1.04 bits per heavy atom.